The molecule has 2 rings (SSSR count). The zero-order valence-corrected chi connectivity index (χ0v) is 11.5. The second kappa shape index (κ2) is 6.33. The van der Waals surface area contributed by atoms with E-state index in [2.05, 4.69) is 10.3 Å². The van der Waals surface area contributed by atoms with Gasteiger partial charge in [0.05, 0.1) is 13.2 Å². The summed E-state index contributed by atoms with van der Waals surface area (Å²) in [6.07, 6.45) is 1.32. The molecule has 1 atom stereocenters. The molecule has 0 spiro atoms. The van der Waals surface area contributed by atoms with E-state index in [4.69, 9.17) is 9.47 Å². The number of nitrogens with zero attached hydrogens (tertiary/aromatic N) is 2. The van der Waals surface area contributed by atoms with Crippen molar-refractivity contribution in [1.29, 1.82) is 0 Å². The molecule has 1 aliphatic heterocycles. The van der Waals surface area contributed by atoms with Crippen LogP contribution in [0.15, 0.2) is 18.3 Å². The van der Waals surface area contributed by atoms with Crippen molar-refractivity contribution in [3.8, 4) is 5.88 Å². The number of ether oxygens (including phenoxy) is 2. The molecule has 1 aromatic rings. The first kappa shape index (κ1) is 14.3. The zero-order chi connectivity index (χ0) is 14.5. The van der Waals surface area contributed by atoms with E-state index in [0.717, 1.165) is 0 Å². The van der Waals surface area contributed by atoms with Crippen molar-refractivity contribution in [2.45, 2.75) is 6.10 Å². The van der Waals surface area contributed by atoms with Gasteiger partial charge in [-0.05, 0) is 6.07 Å². The summed E-state index contributed by atoms with van der Waals surface area (Å²) in [7, 11) is 3.21. The fourth-order valence-electron chi connectivity index (χ4n) is 1.85. The molecule has 0 aromatic carbocycles. The first-order chi connectivity index (χ1) is 9.60. The third-order valence-corrected chi connectivity index (χ3v) is 3.04. The lowest BCUT2D eigenvalue weighted by atomic mass is 10.2. The smallest absolute Gasteiger partial charge is 0.251 e. The number of rotatable bonds is 4. The quantitative estimate of drug-likeness (QED) is 0.817. The number of morpholine rings is 1. The molecule has 0 radical (unpaired) electrons. The van der Waals surface area contributed by atoms with Crippen LogP contribution in [-0.2, 0) is 9.53 Å². The molecule has 1 saturated heterocycles. The van der Waals surface area contributed by atoms with Crippen molar-refractivity contribution in [3.63, 3.8) is 0 Å². The van der Waals surface area contributed by atoms with Crippen LogP contribution in [0.3, 0.4) is 0 Å². The maximum Gasteiger partial charge on any atom is 0.251 e. The third-order valence-electron chi connectivity index (χ3n) is 3.04. The number of carbonyl (C=O) groups is 2. The van der Waals surface area contributed by atoms with E-state index >= 15 is 0 Å². The Morgan fingerprint density at radius 1 is 1.65 bits per heavy atom. The highest BCUT2D eigenvalue weighted by atomic mass is 16.5. The average Bonchev–Trinajstić information content (AvgIpc) is 2.48. The summed E-state index contributed by atoms with van der Waals surface area (Å²) in [6, 6.07) is 3.17. The number of amides is 2. The van der Waals surface area contributed by atoms with E-state index in [9.17, 15) is 9.59 Å². The summed E-state index contributed by atoms with van der Waals surface area (Å²) in [4.78, 5) is 28.8. The summed E-state index contributed by atoms with van der Waals surface area (Å²) in [6.45, 7) is 0.875. The van der Waals surface area contributed by atoms with Crippen LogP contribution in [0.4, 0.5) is 0 Å². The fourth-order valence-corrected chi connectivity index (χ4v) is 1.85. The maximum absolute atomic E-state index is 12.0. The summed E-state index contributed by atoms with van der Waals surface area (Å²) in [5, 5.41) is 2.77. The standard InChI is InChI=1S/C13H17N3O4/c1-16-7-10(20-8-12(16)17)6-15-13(18)9-3-4-14-11(5-9)19-2/h3-5,10H,6-8H2,1-2H3,(H,15,18). The number of nitrogens with one attached hydrogen (secondary N) is 1. The van der Waals surface area contributed by atoms with Gasteiger partial charge >= 0.3 is 0 Å². The van der Waals surface area contributed by atoms with Gasteiger partial charge in [-0.2, -0.15) is 0 Å². The molecule has 1 aliphatic rings. The Balaban J connectivity index is 1.87. The Labute approximate surface area is 116 Å². The normalized spacial score (nSPS) is 18.8. The first-order valence-electron chi connectivity index (χ1n) is 6.24. The minimum atomic E-state index is -0.228. The predicted molar refractivity (Wildman–Crippen MR) is 70.5 cm³/mol. The van der Waals surface area contributed by atoms with E-state index in [1.54, 1.807) is 24.1 Å². The highest BCUT2D eigenvalue weighted by molar-refractivity contribution is 5.94. The molecular formula is C13H17N3O4. The van der Waals surface area contributed by atoms with Crippen molar-refractivity contribution in [3.05, 3.63) is 23.9 Å². The third kappa shape index (κ3) is 3.45. The van der Waals surface area contributed by atoms with Gasteiger partial charge in [0, 0.05) is 38.0 Å². The molecule has 2 amide bonds. The summed E-state index contributed by atoms with van der Waals surface area (Å²) in [5.74, 6) is 0.109. The molecule has 0 saturated carbocycles. The van der Waals surface area contributed by atoms with Crippen LogP contribution in [0.5, 0.6) is 5.88 Å². The molecule has 1 N–H and O–H groups in total. The Bertz CT molecular complexity index is 506. The lowest BCUT2D eigenvalue weighted by Gasteiger charge is -2.29. The Hall–Kier alpha value is -2.15. The van der Waals surface area contributed by atoms with Crippen LogP contribution in [0, 0.1) is 0 Å². The highest BCUT2D eigenvalue weighted by Crippen LogP contribution is 2.09. The van der Waals surface area contributed by atoms with Gasteiger partial charge in [-0.1, -0.05) is 0 Å². The van der Waals surface area contributed by atoms with Crippen LogP contribution in [-0.4, -0.2) is 61.7 Å². The second-order valence-corrected chi connectivity index (χ2v) is 4.50. The summed E-state index contributed by atoms with van der Waals surface area (Å²) in [5.41, 5.74) is 0.470. The van der Waals surface area contributed by atoms with Gasteiger partial charge in [-0.3, -0.25) is 9.59 Å². The van der Waals surface area contributed by atoms with Crippen LogP contribution in [0.1, 0.15) is 10.4 Å². The average molecular weight is 279 g/mol. The molecule has 20 heavy (non-hydrogen) atoms. The molecule has 2 heterocycles. The van der Waals surface area contributed by atoms with E-state index < -0.39 is 0 Å². The summed E-state index contributed by atoms with van der Waals surface area (Å²) >= 11 is 0. The van der Waals surface area contributed by atoms with Gasteiger partial charge in [-0.25, -0.2) is 4.98 Å². The fraction of sp³-hybridized carbons (Fsp3) is 0.462. The van der Waals surface area contributed by atoms with Gasteiger partial charge in [0.1, 0.15) is 6.61 Å². The van der Waals surface area contributed by atoms with Gasteiger partial charge < -0.3 is 19.7 Å². The van der Waals surface area contributed by atoms with Crippen LogP contribution >= 0.6 is 0 Å². The van der Waals surface area contributed by atoms with Crippen molar-refractivity contribution < 1.29 is 19.1 Å². The molecular weight excluding hydrogens is 262 g/mol. The van der Waals surface area contributed by atoms with Gasteiger partial charge in [0.15, 0.2) is 0 Å². The van der Waals surface area contributed by atoms with E-state index in [-0.39, 0.29) is 24.5 Å². The number of likely N-dealkylation sites (N-methyl/N-ethyl adjacent to an activating group) is 1. The molecule has 0 bridgehead atoms. The number of hydrogen-bond donors (Lipinski definition) is 1. The number of pyridine rings is 1. The van der Waals surface area contributed by atoms with Crippen molar-refractivity contribution in [1.82, 2.24) is 15.2 Å². The first-order valence-corrected chi connectivity index (χ1v) is 6.24. The van der Waals surface area contributed by atoms with Crippen LogP contribution < -0.4 is 10.1 Å². The Kier molecular flexibility index (Phi) is 4.52. The maximum atomic E-state index is 12.0. The topological polar surface area (TPSA) is 80.8 Å². The Morgan fingerprint density at radius 3 is 3.15 bits per heavy atom. The molecule has 1 aromatic heterocycles. The second-order valence-electron chi connectivity index (χ2n) is 4.50. The molecule has 1 unspecified atom stereocenters. The number of aromatic nitrogens is 1. The largest absolute Gasteiger partial charge is 0.481 e. The van der Waals surface area contributed by atoms with E-state index in [1.165, 1.54) is 13.3 Å². The van der Waals surface area contributed by atoms with E-state index in [1.807, 2.05) is 0 Å². The number of hydrogen-bond acceptors (Lipinski definition) is 5. The SMILES string of the molecule is COc1cc(C(=O)NCC2CN(C)C(=O)CO2)ccn1. The molecule has 7 heteroatoms. The predicted octanol–water partition coefficient (Wildman–Crippen LogP) is -0.323. The molecule has 7 nitrogen and oxygen atoms in total. The molecule has 108 valence electrons. The lowest BCUT2D eigenvalue weighted by molar-refractivity contribution is -0.146. The van der Waals surface area contributed by atoms with Gasteiger partial charge in [0.2, 0.25) is 11.8 Å². The monoisotopic (exact) mass is 279 g/mol. The van der Waals surface area contributed by atoms with Crippen LogP contribution in [0.2, 0.25) is 0 Å². The summed E-state index contributed by atoms with van der Waals surface area (Å²) < 4.78 is 10.3. The van der Waals surface area contributed by atoms with Gasteiger partial charge in [0.25, 0.3) is 5.91 Å². The minimum absolute atomic E-state index is 0.0496. The van der Waals surface area contributed by atoms with Crippen molar-refractivity contribution in [2.75, 3.05) is 33.9 Å². The number of carbonyl (C=O) groups excluding carboxylic acids is 2. The van der Waals surface area contributed by atoms with Crippen molar-refractivity contribution >= 4 is 11.8 Å². The van der Waals surface area contributed by atoms with Crippen molar-refractivity contribution in [2.24, 2.45) is 0 Å². The highest BCUT2D eigenvalue weighted by Gasteiger charge is 2.23. The molecule has 1 fully saturated rings. The molecule has 0 aliphatic carbocycles. The van der Waals surface area contributed by atoms with E-state index in [0.29, 0.717) is 24.5 Å². The number of methoxy groups -OCH3 is 1. The Morgan fingerprint density at radius 2 is 2.45 bits per heavy atom. The lowest BCUT2D eigenvalue weighted by Crippen LogP contribution is -2.48. The minimum Gasteiger partial charge on any atom is -0.481 e. The zero-order valence-electron chi connectivity index (χ0n) is 11.5. The van der Waals surface area contributed by atoms with Gasteiger partial charge in [-0.15, -0.1) is 0 Å². The van der Waals surface area contributed by atoms with Crippen LogP contribution in [0.25, 0.3) is 0 Å².